The van der Waals surface area contributed by atoms with E-state index in [0.29, 0.717) is 24.0 Å². The molecule has 1 aliphatic rings. The van der Waals surface area contributed by atoms with Crippen molar-refractivity contribution in [2.75, 3.05) is 19.7 Å². The predicted molar refractivity (Wildman–Crippen MR) is 114 cm³/mol. The Bertz CT molecular complexity index is 1190. The van der Waals surface area contributed by atoms with Gasteiger partial charge in [0.05, 0.1) is 10.4 Å². The minimum absolute atomic E-state index is 0.113. The standard InChI is InChI=1S/C22H23N3O5S/c26-20(15-30-22(27)21-18-7-3-4-8-19(18)23-24-21)16-9-11-17(12-10-16)31(28,29)25-13-5-1-2-6-14-25/h3-4,7-12H,1-2,5-6,13-15H2,(H,23,24). The van der Waals surface area contributed by atoms with Gasteiger partial charge in [-0.15, -0.1) is 0 Å². The summed E-state index contributed by atoms with van der Waals surface area (Å²) in [6, 6.07) is 12.9. The average Bonchev–Trinajstić information content (AvgIpc) is 3.02. The number of para-hydroxylation sites is 1. The number of esters is 1. The monoisotopic (exact) mass is 441 g/mol. The highest BCUT2D eigenvalue weighted by atomic mass is 32.2. The lowest BCUT2D eigenvalue weighted by atomic mass is 10.1. The Morgan fingerprint density at radius 3 is 2.35 bits per heavy atom. The summed E-state index contributed by atoms with van der Waals surface area (Å²) >= 11 is 0. The Morgan fingerprint density at radius 1 is 0.968 bits per heavy atom. The lowest BCUT2D eigenvalue weighted by Gasteiger charge is -2.20. The van der Waals surface area contributed by atoms with Gasteiger partial charge in [0.1, 0.15) is 0 Å². The molecular weight excluding hydrogens is 418 g/mol. The largest absolute Gasteiger partial charge is 0.452 e. The predicted octanol–water partition coefficient (Wildman–Crippen LogP) is 3.17. The molecule has 31 heavy (non-hydrogen) atoms. The molecule has 0 radical (unpaired) electrons. The number of ketones is 1. The first-order valence-corrected chi connectivity index (χ1v) is 11.6. The Labute approximate surface area is 180 Å². The van der Waals surface area contributed by atoms with Crippen molar-refractivity contribution in [2.45, 2.75) is 30.6 Å². The van der Waals surface area contributed by atoms with Crippen LogP contribution < -0.4 is 0 Å². The highest BCUT2D eigenvalue weighted by molar-refractivity contribution is 7.89. The number of nitrogens with one attached hydrogen (secondary N) is 1. The van der Waals surface area contributed by atoms with E-state index in [0.717, 1.165) is 25.7 Å². The van der Waals surface area contributed by atoms with Gasteiger partial charge in [-0.25, -0.2) is 13.2 Å². The number of benzene rings is 2. The molecule has 0 aliphatic carbocycles. The number of rotatable bonds is 6. The molecule has 2 heterocycles. The zero-order valence-corrected chi connectivity index (χ0v) is 17.7. The number of carbonyl (C=O) groups is 2. The van der Waals surface area contributed by atoms with Crippen molar-refractivity contribution in [3.63, 3.8) is 0 Å². The molecule has 1 aliphatic heterocycles. The Hall–Kier alpha value is -3.04. The van der Waals surface area contributed by atoms with Gasteiger partial charge in [0.15, 0.2) is 18.1 Å². The van der Waals surface area contributed by atoms with Crippen molar-refractivity contribution in [2.24, 2.45) is 0 Å². The van der Waals surface area contributed by atoms with Crippen molar-refractivity contribution >= 4 is 32.7 Å². The number of nitrogens with zero attached hydrogens (tertiary/aromatic N) is 2. The Balaban J connectivity index is 1.40. The number of hydrogen-bond acceptors (Lipinski definition) is 6. The maximum absolute atomic E-state index is 12.8. The van der Waals surface area contributed by atoms with Crippen LogP contribution in [0.25, 0.3) is 10.9 Å². The lowest BCUT2D eigenvalue weighted by Crippen LogP contribution is -2.31. The van der Waals surface area contributed by atoms with Crippen LogP contribution in [0, 0.1) is 0 Å². The van der Waals surface area contributed by atoms with E-state index in [2.05, 4.69) is 10.2 Å². The fourth-order valence-electron chi connectivity index (χ4n) is 3.65. The number of hydrogen-bond donors (Lipinski definition) is 1. The minimum Gasteiger partial charge on any atom is -0.452 e. The second-order valence-corrected chi connectivity index (χ2v) is 9.40. The van der Waals surface area contributed by atoms with E-state index < -0.39 is 28.4 Å². The molecule has 4 rings (SSSR count). The summed E-state index contributed by atoms with van der Waals surface area (Å²) in [7, 11) is -3.58. The third-order valence-corrected chi connectivity index (χ3v) is 7.29. The van der Waals surface area contributed by atoms with Crippen LogP contribution in [0.3, 0.4) is 0 Å². The normalized spacial score (nSPS) is 15.5. The third-order valence-electron chi connectivity index (χ3n) is 5.38. The molecule has 0 saturated carbocycles. The van der Waals surface area contributed by atoms with E-state index in [4.69, 9.17) is 4.74 Å². The smallest absolute Gasteiger partial charge is 0.359 e. The molecule has 2 aromatic carbocycles. The molecule has 0 spiro atoms. The molecule has 162 valence electrons. The van der Waals surface area contributed by atoms with Crippen LogP contribution >= 0.6 is 0 Å². The van der Waals surface area contributed by atoms with E-state index >= 15 is 0 Å². The molecule has 1 fully saturated rings. The van der Waals surface area contributed by atoms with E-state index in [1.54, 1.807) is 18.2 Å². The van der Waals surface area contributed by atoms with Gasteiger partial charge in [0.25, 0.3) is 0 Å². The van der Waals surface area contributed by atoms with Crippen molar-refractivity contribution in [1.82, 2.24) is 14.5 Å². The van der Waals surface area contributed by atoms with Gasteiger partial charge in [0.2, 0.25) is 10.0 Å². The van der Waals surface area contributed by atoms with Crippen LogP contribution in [0.15, 0.2) is 53.4 Å². The first kappa shape index (κ1) is 21.2. The number of aromatic nitrogens is 2. The number of sulfonamides is 1. The van der Waals surface area contributed by atoms with Gasteiger partial charge >= 0.3 is 5.97 Å². The van der Waals surface area contributed by atoms with Crippen molar-refractivity contribution in [3.05, 3.63) is 59.8 Å². The first-order chi connectivity index (χ1) is 15.0. The maximum atomic E-state index is 12.8. The lowest BCUT2D eigenvalue weighted by molar-refractivity contribution is 0.0471. The zero-order chi connectivity index (χ0) is 21.8. The summed E-state index contributed by atoms with van der Waals surface area (Å²) in [5.41, 5.74) is 1.08. The molecule has 1 saturated heterocycles. The summed E-state index contributed by atoms with van der Waals surface area (Å²) in [4.78, 5) is 24.9. The van der Waals surface area contributed by atoms with Gasteiger partial charge in [-0.05, 0) is 43.2 Å². The number of aromatic amines is 1. The van der Waals surface area contributed by atoms with E-state index in [1.807, 2.05) is 6.07 Å². The van der Waals surface area contributed by atoms with Crippen molar-refractivity contribution in [3.8, 4) is 0 Å². The van der Waals surface area contributed by atoms with Crippen molar-refractivity contribution in [1.29, 1.82) is 0 Å². The average molecular weight is 442 g/mol. The highest BCUT2D eigenvalue weighted by Crippen LogP contribution is 2.21. The third kappa shape index (κ3) is 4.52. The van der Waals surface area contributed by atoms with Crippen LogP contribution in [0.1, 0.15) is 46.5 Å². The zero-order valence-electron chi connectivity index (χ0n) is 16.9. The van der Waals surface area contributed by atoms with Crippen LogP contribution in [0.5, 0.6) is 0 Å². The van der Waals surface area contributed by atoms with Gasteiger partial charge in [-0.2, -0.15) is 9.40 Å². The number of carbonyl (C=O) groups excluding carboxylic acids is 2. The van der Waals surface area contributed by atoms with Gasteiger partial charge in [0, 0.05) is 24.0 Å². The quantitative estimate of drug-likeness (QED) is 0.465. The molecule has 0 amide bonds. The molecule has 3 aromatic rings. The molecule has 0 atom stereocenters. The van der Waals surface area contributed by atoms with Crippen molar-refractivity contribution < 1.29 is 22.7 Å². The van der Waals surface area contributed by atoms with Gasteiger partial charge < -0.3 is 4.74 Å². The SMILES string of the molecule is O=C(COC(=O)c1n[nH]c2ccccc12)c1ccc(S(=O)(=O)N2CCCCCC2)cc1. The topological polar surface area (TPSA) is 109 Å². The fourth-order valence-corrected chi connectivity index (χ4v) is 5.16. The maximum Gasteiger partial charge on any atom is 0.359 e. The Kier molecular flexibility index (Phi) is 6.15. The Morgan fingerprint density at radius 2 is 1.65 bits per heavy atom. The number of fused-ring (bicyclic) bond motifs is 1. The first-order valence-electron chi connectivity index (χ1n) is 10.2. The summed E-state index contributed by atoms with van der Waals surface area (Å²) in [6.45, 7) is 0.569. The molecule has 0 unspecified atom stereocenters. The fraction of sp³-hybridized carbons (Fsp3) is 0.318. The van der Waals surface area contributed by atoms with E-state index in [9.17, 15) is 18.0 Å². The number of Topliss-reactive ketones (excluding diaryl/α,β-unsaturated/α-hetero) is 1. The van der Waals surface area contributed by atoms with Crippen LogP contribution in [0.4, 0.5) is 0 Å². The molecule has 8 nitrogen and oxygen atoms in total. The van der Waals surface area contributed by atoms with Crippen LogP contribution in [0.2, 0.25) is 0 Å². The van der Waals surface area contributed by atoms with Crippen LogP contribution in [-0.2, 0) is 14.8 Å². The van der Waals surface area contributed by atoms with Crippen LogP contribution in [-0.4, -0.2) is 54.4 Å². The number of H-pyrrole nitrogens is 1. The van der Waals surface area contributed by atoms with E-state index in [-0.39, 0.29) is 16.2 Å². The minimum atomic E-state index is -3.58. The highest BCUT2D eigenvalue weighted by Gasteiger charge is 2.25. The molecule has 1 aromatic heterocycles. The second kappa shape index (κ2) is 8.99. The van der Waals surface area contributed by atoms with Gasteiger partial charge in [-0.1, -0.05) is 31.0 Å². The summed E-state index contributed by atoms with van der Waals surface area (Å²) in [5.74, 6) is -1.13. The second-order valence-electron chi connectivity index (χ2n) is 7.46. The summed E-state index contributed by atoms with van der Waals surface area (Å²) in [5, 5.41) is 7.31. The molecule has 9 heteroatoms. The summed E-state index contributed by atoms with van der Waals surface area (Å²) in [6.07, 6.45) is 3.78. The summed E-state index contributed by atoms with van der Waals surface area (Å²) < 4.78 is 32.3. The molecular formula is C22H23N3O5S. The van der Waals surface area contributed by atoms with E-state index in [1.165, 1.54) is 28.6 Å². The molecule has 1 N–H and O–H groups in total. The number of ether oxygens (including phenoxy) is 1. The van der Waals surface area contributed by atoms with Gasteiger partial charge in [-0.3, -0.25) is 9.89 Å². The molecule has 0 bridgehead atoms.